The zero-order valence-electron chi connectivity index (χ0n) is 13.2. The van der Waals surface area contributed by atoms with Crippen LogP contribution in [-0.2, 0) is 16.6 Å². The third kappa shape index (κ3) is 3.26. The van der Waals surface area contributed by atoms with Crippen molar-refractivity contribution in [2.24, 2.45) is 11.3 Å². The molecule has 8 heteroatoms. The number of piperidine rings is 1. The fraction of sp³-hybridized carbons (Fsp3) is 0.667. The van der Waals surface area contributed by atoms with E-state index in [4.69, 9.17) is 0 Å². The van der Waals surface area contributed by atoms with Crippen molar-refractivity contribution in [2.75, 3.05) is 39.0 Å². The summed E-state index contributed by atoms with van der Waals surface area (Å²) in [5.41, 5.74) is 0.227. The molecule has 128 valence electrons. The minimum Gasteiger partial charge on any atom is -0.396 e. The van der Waals surface area contributed by atoms with E-state index in [0.717, 1.165) is 6.54 Å². The molecule has 2 atom stereocenters. The summed E-state index contributed by atoms with van der Waals surface area (Å²) in [5.74, 6) is -0.253. The molecule has 6 nitrogen and oxygen atoms in total. The topological polar surface area (TPSA) is 73.7 Å². The molecule has 1 aromatic rings. The van der Waals surface area contributed by atoms with E-state index in [9.17, 15) is 17.9 Å². The van der Waals surface area contributed by atoms with Crippen LogP contribution in [0, 0.1) is 17.2 Å². The predicted octanol–water partition coefficient (Wildman–Crippen LogP) is 0.296. The van der Waals surface area contributed by atoms with Crippen molar-refractivity contribution in [3.63, 3.8) is 0 Å². The number of fused-ring (bicyclic) bond motifs is 1. The first-order valence-electron chi connectivity index (χ1n) is 7.71. The Kier molecular flexibility index (Phi) is 4.43. The fourth-order valence-corrected chi connectivity index (χ4v) is 4.67. The van der Waals surface area contributed by atoms with Crippen molar-refractivity contribution in [1.29, 1.82) is 0 Å². The van der Waals surface area contributed by atoms with Gasteiger partial charge in [0.2, 0.25) is 10.0 Å². The van der Waals surface area contributed by atoms with Gasteiger partial charge in [-0.15, -0.1) is 0 Å². The van der Waals surface area contributed by atoms with Gasteiger partial charge in [0.25, 0.3) is 0 Å². The Labute approximate surface area is 136 Å². The second-order valence-corrected chi connectivity index (χ2v) is 8.71. The molecule has 0 saturated carbocycles. The molecule has 0 bridgehead atoms. The Morgan fingerprint density at radius 3 is 2.91 bits per heavy atom. The van der Waals surface area contributed by atoms with Crippen LogP contribution < -0.4 is 0 Å². The van der Waals surface area contributed by atoms with Gasteiger partial charge in [-0.1, -0.05) is 0 Å². The van der Waals surface area contributed by atoms with Crippen molar-refractivity contribution in [2.45, 2.75) is 13.0 Å². The van der Waals surface area contributed by atoms with Gasteiger partial charge in [0.1, 0.15) is 5.82 Å². The Hall–Kier alpha value is -1.09. The lowest BCUT2D eigenvalue weighted by molar-refractivity contribution is 0.0167. The number of sulfonamides is 1. The van der Waals surface area contributed by atoms with Gasteiger partial charge < -0.3 is 5.11 Å². The first-order valence-corrected chi connectivity index (χ1v) is 9.56. The maximum atomic E-state index is 13.8. The molecule has 2 aliphatic rings. The zero-order chi connectivity index (χ0) is 16.7. The molecule has 23 heavy (non-hydrogen) atoms. The molecule has 0 aliphatic carbocycles. The summed E-state index contributed by atoms with van der Waals surface area (Å²) in [7, 11) is -3.26. The van der Waals surface area contributed by atoms with E-state index in [1.807, 2.05) is 0 Å². The Morgan fingerprint density at radius 1 is 1.48 bits per heavy atom. The number of hydrogen-bond donors (Lipinski definition) is 1. The van der Waals surface area contributed by atoms with Crippen molar-refractivity contribution < 1.29 is 17.9 Å². The highest BCUT2D eigenvalue weighted by Crippen LogP contribution is 2.43. The molecule has 2 aliphatic heterocycles. The van der Waals surface area contributed by atoms with Crippen molar-refractivity contribution in [1.82, 2.24) is 14.2 Å². The summed E-state index contributed by atoms with van der Waals surface area (Å²) in [5, 5.41) is 9.85. The van der Waals surface area contributed by atoms with Crippen LogP contribution in [0.3, 0.4) is 0 Å². The average Bonchev–Trinajstić information content (AvgIpc) is 2.89. The Bertz CT molecular complexity index is 684. The second-order valence-electron chi connectivity index (χ2n) is 6.73. The Balaban J connectivity index is 1.74. The second kappa shape index (κ2) is 6.08. The van der Waals surface area contributed by atoms with E-state index in [1.165, 1.54) is 16.8 Å². The van der Waals surface area contributed by atoms with E-state index < -0.39 is 10.0 Å². The third-order valence-corrected chi connectivity index (χ3v) is 6.44. The lowest BCUT2D eigenvalue weighted by Gasteiger charge is -2.42. The molecular weight excluding hydrogens is 321 g/mol. The number of nitrogens with zero attached hydrogens (tertiary/aromatic N) is 3. The number of aliphatic hydroxyl groups excluding tert-OH is 1. The molecule has 3 heterocycles. The molecule has 0 radical (unpaired) electrons. The number of rotatable bonds is 4. The summed E-state index contributed by atoms with van der Waals surface area (Å²) in [6.45, 7) is 2.65. The van der Waals surface area contributed by atoms with Gasteiger partial charge in [-0.2, -0.15) is 0 Å². The number of aliphatic hydroxyl groups is 1. The molecule has 1 aromatic heterocycles. The maximum absolute atomic E-state index is 13.8. The molecule has 0 amide bonds. The maximum Gasteiger partial charge on any atom is 0.211 e. The van der Waals surface area contributed by atoms with E-state index in [0.29, 0.717) is 38.2 Å². The van der Waals surface area contributed by atoms with Crippen LogP contribution in [0.1, 0.15) is 12.0 Å². The van der Waals surface area contributed by atoms with Crippen LogP contribution in [0.25, 0.3) is 0 Å². The largest absolute Gasteiger partial charge is 0.396 e. The van der Waals surface area contributed by atoms with Gasteiger partial charge in [-0.3, -0.25) is 9.88 Å². The van der Waals surface area contributed by atoms with Crippen LogP contribution in [0.5, 0.6) is 0 Å². The molecular formula is C15H22FN3O3S. The molecule has 0 unspecified atom stereocenters. The van der Waals surface area contributed by atoms with Crippen LogP contribution in [0.15, 0.2) is 18.5 Å². The lowest BCUT2D eigenvalue weighted by atomic mass is 9.73. The summed E-state index contributed by atoms with van der Waals surface area (Å²) in [6.07, 6.45) is 4.70. The zero-order valence-corrected chi connectivity index (χ0v) is 14.0. The summed E-state index contributed by atoms with van der Waals surface area (Å²) >= 11 is 0. The van der Waals surface area contributed by atoms with Crippen molar-refractivity contribution in [3.8, 4) is 0 Å². The Morgan fingerprint density at radius 2 is 2.26 bits per heavy atom. The van der Waals surface area contributed by atoms with Gasteiger partial charge in [-0.05, 0) is 24.9 Å². The van der Waals surface area contributed by atoms with Gasteiger partial charge >= 0.3 is 0 Å². The molecule has 2 saturated heterocycles. The van der Waals surface area contributed by atoms with E-state index >= 15 is 0 Å². The monoisotopic (exact) mass is 343 g/mol. The SMILES string of the molecule is CS(=O)(=O)N1C[C@H]2CN(Cc3ccncc3F)CC[C@@]2(CO)C1. The standard InChI is InChI=1S/C15H22FN3O3S/c1-23(21,22)19-9-13-8-18(5-3-15(13,10-19)11-20)7-12-2-4-17-6-14(12)16/h2,4,6,13,20H,3,5,7-11H2,1H3/t13-,15+/m1/s1. The highest BCUT2D eigenvalue weighted by Gasteiger charge is 2.51. The minimum atomic E-state index is -3.26. The number of aromatic nitrogens is 1. The normalized spacial score (nSPS) is 29.6. The highest BCUT2D eigenvalue weighted by molar-refractivity contribution is 7.88. The van der Waals surface area contributed by atoms with Crippen LogP contribution in [-0.4, -0.2) is 66.8 Å². The smallest absolute Gasteiger partial charge is 0.211 e. The molecule has 0 aromatic carbocycles. The first kappa shape index (κ1) is 16.8. The fourth-order valence-electron chi connectivity index (χ4n) is 3.73. The van der Waals surface area contributed by atoms with Crippen LogP contribution in [0.2, 0.25) is 0 Å². The number of halogens is 1. The third-order valence-electron chi connectivity index (χ3n) is 5.22. The lowest BCUT2D eigenvalue weighted by Crippen LogP contribution is -2.48. The van der Waals surface area contributed by atoms with E-state index in [2.05, 4.69) is 9.88 Å². The minimum absolute atomic E-state index is 0.0128. The highest BCUT2D eigenvalue weighted by atomic mass is 32.2. The van der Waals surface area contributed by atoms with Gasteiger partial charge in [0, 0.05) is 43.4 Å². The van der Waals surface area contributed by atoms with Crippen molar-refractivity contribution in [3.05, 3.63) is 29.8 Å². The summed E-state index contributed by atoms with van der Waals surface area (Å²) < 4.78 is 38.9. The summed E-state index contributed by atoms with van der Waals surface area (Å²) in [6, 6.07) is 1.67. The molecule has 0 spiro atoms. The molecule has 3 rings (SSSR count). The van der Waals surface area contributed by atoms with Gasteiger partial charge in [0.15, 0.2) is 0 Å². The van der Waals surface area contributed by atoms with E-state index in [-0.39, 0.29) is 23.8 Å². The van der Waals surface area contributed by atoms with Crippen LogP contribution in [0.4, 0.5) is 4.39 Å². The van der Waals surface area contributed by atoms with Gasteiger partial charge in [0.05, 0.1) is 19.1 Å². The van der Waals surface area contributed by atoms with Crippen molar-refractivity contribution >= 4 is 10.0 Å². The van der Waals surface area contributed by atoms with Crippen LogP contribution >= 0.6 is 0 Å². The quantitative estimate of drug-likeness (QED) is 0.851. The molecule has 1 N–H and O–H groups in total. The number of hydrogen-bond acceptors (Lipinski definition) is 5. The first-order chi connectivity index (χ1) is 10.8. The molecule has 2 fully saturated rings. The number of likely N-dealkylation sites (tertiary alicyclic amines) is 1. The van der Waals surface area contributed by atoms with E-state index in [1.54, 1.807) is 12.3 Å². The number of pyridine rings is 1. The van der Waals surface area contributed by atoms with Gasteiger partial charge in [-0.25, -0.2) is 17.1 Å². The predicted molar refractivity (Wildman–Crippen MR) is 83.5 cm³/mol. The summed E-state index contributed by atoms with van der Waals surface area (Å²) in [4.78, 5) is 5.88. The average molecular weight is 343 g/mol.